The first-order valence-electron chi connectivity index (χ1n) is 7.69. The maximum absolute atomic E-state index is 12.0. The lowest BCUT2D eigenvalue weighted by Gasteiger charge is -2.11. The van der Waals surface area contributed by atoms with Gasteiger partial charge in [-0.05, 0) is 42.1 Å². The van der Waals surface area contributed by atoms with E-state index in [4.69, 9.17) is 21.7 Å². The Hall–Kier alpha value is -3.46. The number of rotatable bonds is 6. The topological polar surface area (TPSA) is 103 Å². The van der Waals surface area contributed by atoms with Gasteiger partial charge in [0.25, 0.3) is 5.69 Å². The fourth-order valence-electron chi connectivity index (χ4n) is 2.10. The molecule has 0 aliphatic heterocycles. The first kappa shape index (κ1) is 19.9. The fourth-order valence-corrected chi connectivity index (χ4v) is 2.31. The van der Waals surface area contributed by atoms with Gasteiger partial charge in [-0.2, -0.15) is 0 Å². The van der Waals surface area contributed by atoms with E-state index in [9.17, 15) is 14.9 Å². The van der Waals surface area contributed by atoms with Crippen LogP contribution in [0.2, 0.25) is 0 Å². The van der Waals surface area contributed by atoms with Crippen LogP contribution in [0.1, 0.15) is 5.56 Å². The van der Waals surface area contributed by atoms with Gasteiger partial charge in [0.2, 0.25) is 5.91 Å². The van der Waals surface area contributed by atoms with Crippen LogP contribution in [-0.2, 0) is 4.79 Å². The molecule has 2 aromatic rings. The smallest absolute Gasteiger partial charge is 0.271 e. The number of methoxy groups -OCH3 is 2. The number of nitrogens with one attached hydrogen (secondary N) is 2. The van der Waals surface area contributed by atoms with Crippen LogP contribution in [0, 0.1) is 10.1 Å². The van der Waals surface area contributed by atoms with Crippen molar-refractivity contribution in [3.05, 3.63) is 64.2 Å². The fraction of sp³-hybridized carbons (Fsp3) is 0.111. The van der Waals surface area contributed by atoms with Gasteiger partial charge in [-0.15, -0.1) is 0 Å². The molecule has 2 aromatic carbocycles. The molecule has 8 nitrogen and oxygen atoms in total. The number of nitro groups is 1. The van der Waals surface area contributed by atoms with Crippen LogP contribution in [0.4, 0.5) is 11.4 Å². The summed E-state index contributed by atoms with van der Waals surface area (Å²) in [6.45, 7) is 0. The zero-order valence-corrected chi connectivity index (χ0v) is 15.4. The summed E-state index contributed by atoms with van der Waals surface area (Å²) in [5, 5.41) is 16.1. The summed E-state index contributed by atoms with van der Waals surface area (Å²) in [4.78, 5) is 22.3. The first-order valence-corrected chi connectivity index (χ1v) is 8.10. The second-order valence-electron chi connectivity index (χ2n) is 5.19. The molecule has 0 aliphatic carbocycles. The average Bonchev–Trinajstić information content (AvgIpc) is 2.66. The summed E-state index contributed by atoms with van der Waals surface area (Å²) in [5.74, 6) is 0.617. The van der Waals surface area contributed by atoms with E-state index < -0.39 is 10.8 Å². The standard InChI is InChI=1S/C18H17N3O5S/c1-25-14-7-3-12(4-8-14)5-10-17(22)20-18(27)19-15-11-13(21(23)24)6-9-16(15)26-2/h3-11H,1-2H3,(H2,19,20,22,27)/b10-5+. The summed E-state index contributed by atoms with van der Waals surface area (Å²) in [5.41, 5.74) is 0.952. The van der Waals surface area contributed by atoms with Gasteiger partial charge in [0.15, 0.2) is 5.11 Å². The highest BCUT2D eigenvalue weighted by Crippen LogP contribution is 2.28. The number of thiocarbonyl (C=S) groups is 1. The molecule has 0 bridgehead atoms. The molecular formula is C18H17N3O5S. The normalized spacial score (nSPS) is 10.3. The summed E-state index contributed by atoms with van der Waals surface area (Å²) in [7, 11) is 2.99. The summed E-state index contributed by atoms with van der Waals surface area (Å²) in [6, 6.07) is 11.2. The molecule has 0 atom stereocenters. The molecule has 0 aromatic heterocycles. The largest absolute Gasteiger partial charge is 0.497 e. The van der Waals surface area contributed by atoms with E-state index in [1.165, 1.54) is 31.4 Å². The number of carbonyl (C=O) groups is 1. The quantitative estimate of drug-likeness (QED) is 0.340. The molecule has 9 heteroatoms. The van der Waals surface area contributed by atoms with E-state index in [0.29, 0.717) is 11.5 Å². The Bertz CT molecular complexity index is 881. The minimum Gasteiger partial charge on any atom is -0.497 e. The Morgan fingerprint density at radius 2 is 1.85 bits per heavy atom. The highest BCUT2D eigenvalue weighted by molar-refractivity contribution is 7.80. The molecule has 0 unspecified atom stereocenters. The van der Waals surface area contributed by atoms with E-state index in [1.807, 2.05) is 0 Å². The van der Waals surface area contributed by atoms with Crippen LogP contribution in [0.15, 0.2) is 48.5 Å². The third-order valence-corrected chi connectivity index (χ3v) is 3.63. The third-order valence-electron chi connectivity index (χ3n) is 3.42. The summed E-state index contributed by atoms with van der Waals surface area (Å²) >= 11 is 5.07. The summed E-state index contributed by atoms with van der Waals surface area (Å²) < 4.78 is 10.2. The first-order chi connectivity index (χ1) is 12.9. The predicted octanol–water partition coefficient (Wildman–Crippen LogP) is 3.14. The molecule has 0 aliphatic rings. The zero-order valence-electron chi connectivity index (χ0n) is 14.6. The second kappa shape index (κ2) is 9.30. The second-order valence-corrected chi connectivity index (χ2v) is 5.60. The average molecular weight is 387 g/mol. The number of carbonyl (C=O) groups excluding carboxylic acids is 1. The van der Waals surface area contributed by atoms with Gasteiger partial charge in [-0.25, -0.2) is 0 Å². The van der Waals surface area contributed by atoms with Gasteiger partial charge in [0.05, 0.1) is 24.8 Å². The molecule has 0 saturated heterocycles. The van der Waals surface area contributed by atoms with E-state index in [1.54, 1.807) is 37.5 Å². The van der Waals surface area contributed by atoms with Gasteiger partial charge in [-0.1, -0.05) is 12.1 Å². The van der Waals surface area contributed by atoms with Crippen molar-refractivity contribution in [2.75, 3.05) is 19.5 Å². The molecule has 140 valence electrons. The Morgan fingerprint density at radius 1 is 1.15 bits per heavy atom. The van der Waals surface area contributed by atoms with E-state index in [-0.39, 0.29) is 16.5 Å². The van der Waals surface area contributed by atoms with Crippen molar-refractivity contribution >= 4 is 40.7 Å². The molecule has 1 amide bonds. The van der Waals surface area contributed by atoms with Gasteiger partial charge in [0.1, 0.15) is 11.5 Å². The lowest BCUT2D eigenvalue weighted by Crippen LogP contribution is -2.32. The van der Waals surface area contributed by atoms with E-state index >= 15 is 0 Å². The molecule has 27 heavy (non-hydrogen) atoms. The van der Waals surface area contributed by atoms with Gasteiger partial charge in [0, 0.05) is 18.2 Å². The van der Waals surface area contributed by atoms with Crippen molar-refractivity contribution in [3.63, 3.8) is 0 Å². The maximum Gasteiger partial charge on any atom is 0.271 e. The molecule has 2 rings (SSSR count). The molecule has 0 fully saturated rings. The predicted molar refractivity (Wildman–Crippen MR) is 106 cm³/mol. The monoisotopic (exact) mass is 387 g/mol. The minimum absolute atomic E-state index is 0.0156. The van der Waals surface area contributed by atoms with Crippen molar-refractivity contribution in [2.24, 2.45) is 0 Å². The number of ether oxygens (including phenoxy) is 2. The van der Waals surface area contributed by atoms with Gasteiger partial charge < -0.3 is 14.8 Å². The number of hydrogen-bond acceptors (Lipinski definition) is 6. The number of anilines is 1. The lowest BCUT2D eigenvalue weighted by molar-refractivity contribution is -0.384. The highest BCUT2D eigenvalue weighted by Gasteiger charge is 2.13. The molecule has 2 N–H and O–H groups in total. The number of nitro benzene ring substituents is 1. The highest BCUT2D eigenvalue weighted by atomic mass is 32.1. The molecule has 0 heterocycles. The van der Waals surface area contributed by atoms with Crippen LogP contribution in [0.25, 0.3) is 6.08 Å². The maximum atomic E-state index is 12.0. The van der Waals surface area contributed by atoms with Crippen molar-refractivity contribution in [3.8, 4) is 11.5 Å². The Balaban J connectivity index is 2.00. The van der Waals surface area contributed by atoms with Gasteiger partial charge in [-0.3, -0.25) is 20.2 Å². The van der Waals surface area contributed by atoms with E-state index in [2.05, 4.69) is 10.6 Å². The Kier molecular flexibility index (Phi) is 6.84. The van der Waals surface area contributed by atoms with Crippen molar-refractivity contribution in [1.29, 1.82) is 0 Å². The van der Waals surface area contributed by atoms with Crippen LogP contribution in [0.3, 0.4) is 0 Å². The van der Waals surface area contributed by atoms with Crippen LogP contribution in [-0.4, -0.2) is 30.2 Å². The molecule has 0 saturated carbocycles. The number of hydrogen-bond donors (Lipinski definition) is 2. The van der Waals surface area contributed by atoms with Crippen molar-refractivity contribution in [1.82, 2.24) is 5.32 Å². The minimum atomic E-state index is -0.538. The molecular weight excluding hydrogens is 370 g/mol. The number of amides is 1. The zero-order chi connectivity index (χ0) is 19.8. The molecule has 0 spiro atoms. The van der Waals surface area contributed by atoms with E-state index in [0.717, 1.165) is 5.56 Å². The number of nitrogens with zero attached hydrogens (tertiary/aromatic N) is 1. The van der Waals surface area contributed by atoms with Crippen LogP contribution < -0.4 is 20.1 Å². The third kappa shape index (κ3) is 5.79. The Morgan fingerprint density at radius 3 is 2.44 bits per heavy atom. The summed E-state index contributed by atoms with van der Waals surface area (Å²) in [6.07, 6.45) is 2.94. The molecule has 0 radical (unpaired) electrons. The number of non-ortho nitro benzene ring substituents is 1. The SMILES string of the molecule is COc1ccc(/C=C/C(=O)NC(=S)Nc2cc([N+](=O)[O-])ccc2OC)cc1. The van der Waals surface area contributed by atoms with Gasteiger partial charge >= 0.3 is 0 Å². The Labute approximate surface area is 160 Å². The van der Waals surface area contributed by atoms with Crippen molar-refractivity contribution < 1.29 is 19.2 Å². The lowest BCUT2D eigenvalue weighted by atomic mass is 10.2. The van der Waals surface area contributed by atoms with Crippen LogP contribution >= 0.6 is 12.2 Å². The van der Waals surface area contributed by atoms with Crippen molar-refractivity contribution in [2.45, 2.75) is 0 Å². The number of benzene rings is 2. The van der Waals surface area contributed by atoms with Crippen LogP contribution in [0.5, 0.6) is 11.5 Å².